The highest BCUT2D eigenvalue weighted by molar-refractivity contribution is 5.96. The first-order valence-electron chi connectivity index (χ1n) is 13.2. The number of halogens is 2. The standard InChI is InChI=1S/C27H30F2N4O4/c1-30-12-17-16(6-7-18(28)22(17)29)24(21-14-2-4-15(5-3-14)23(21)30)33-20-13-37-11-10-31(20)27(36)25-26(35)19(34)8-9-32(25)33/h6-9,14-15,20-21,23-24,35H,2-5,10-13H2,1H3/t14?,15?,20-,21-,23-,24+/m1/s1. The van der Waals surface area contributed by atoms with Gasteiger partial charge in [0.1, 0.15) is 6.17 Å². The zero-order valence-corrected chi connectivity index (χ0v) is 20.6. The van der Waals surface area contributed by atoms with Crippen molar-refractivity contribution in [1.82, 2.24) is 14.5 Å². The van der Waals surface area contributed by atoms with E-state index in [9.17, 15) is 19.1 Å². The van der Waals surface area contributed by atoms with Crippen molar-refractivity contribution in [3.8, 4) is 5.75 Å². The van der Waals surface area contributed by atoms with E-state index in [-0.39, 0.29) is 24.3 Å². The minimum absolute atomic E-state index is 0.0787. The van der Waals surface area contributed by atoms with Crippen LogP contribution in [0.3, 0.4) is 0 Å². The lowest BCUT2D eigenvalue weighted by molar-refractivity contribution is -0.0510. The zero-order chi connectivity index (χ0) is 25.6. The molecule has 1 aromatic carbocycles. The highest BCUT2D eigenvalue weighted by Gasteiger charge is 2.55. The molecule has 1 aromatic heterocycles. The third-order valence-corrected chi connectivity index (χ3v) is 9.53. The molecule has 0 spiro atoms. The van der Waals surface area contributed by atoms with Gasteiger partial charge in [-0.3, -0.25) is 24.2 Å². The Balaban J connectivity index is 1.51. The van der Waals surface area contributed by atoms with Gasteiger partial charge in [-0.1, -0.05) is 6.07 Å². The predicted molar refractivity (Wildman–Crippen MR) is 130 cm³/mol. The van der Waals surface area contributed by atoms with E-state index in [4.69, 9.17) is 4.74 Å². The monoisotopic (exact) mass is 512 g/mol. The number of rotatable bonds is 1. The summed E-state index contributed by atoms with van der Waals surface area (Å²) in [6, 6.07) is 3.85. The summed E-state index contributed by atoms with van der Waals surface area (Å²) >= 11 is 0. The van der Waals surface area contributed by atoms with Crippen LogP contribution in [-0.4, -0.2) is 64.5 Å². The molecule has 8 nitrogen and oxygen atoms in total. The number of aromatic hydroxyl groups is 1. The van der Waals surface area contributed by atoms with Crippen LogP contribution in [0.5, 0.6) is 5.75 Å². The highest BCUT2D eigenvalue weighted by Crippen LogP contribution is 2.55. The highest BCUT2D eigenvalue weighted by atomic mass is 19.2. The van der Waals surface area contributed by atoms with Crippen molar-refractivity contribution in [2.45, 2.75) is 50.5 Å². The summed E-state index contributed by atoms with van der Waals surface area (Å²) in [5.41, 5.74) is 0.294. The Morgan fingerprint density at radius 1 is 1.05 bits per heavy atom. The number of benzene rings is 1. The lowest BCUT2D eigenvalue weighted by Crippen LogP contribution is -2.68. The minimum atomic E-state index is -0.878. The molecular formula is C27H30F2N4O4. The van der Waals surface area contributed by atoms with Crippen molar-refractivity contribution in [3.05, 3.63) is 63.1 Å². The summed E-state index contributed by atoms with van der Waals surface area (Å²) in [6.45, 7) is 1.17. The van der Waals surface area contributed by atoms with Gasteiger partial charge < -0.3 is 14.7 Å². The van der Waals surface area contributed by atoms with Crippen molar-refractivity contribution in [3.63, 3.8) is 0 Å². The Morgan fingerprint density at radius 3 is 2.59 bits per heavy atom. The molecule has 4 atom stereocenters. The van der Waals surface area contributed by atoms with Crippen LogP contribution >= 0.6 is 0 Å². The molecule has 37 heavy (non-hydrogen) atoms. The maximum Gasteiger partial charge on any atom is 0.278 e. The Morgan fingerprint density at radius 2 is 1.81 bits per heavy atom. The second-order valence-electron chi connectivity index (χ2n) is 11.2. The van der Waals surface area contributed by atoms with E-state index in [2.05, 4.69) is 4.90 Å². The van der Waals surface area contributed by atoms with Crippen molar-refractivity contribution in [1.29, 1.82) is 0 Å². The number of morpholine rings is 1. The molecule has 196 valence electrons. The molecule has 6 aliphatic rings. The normalized spacial score (nSPS) is 32.9. The lowest BCUT2D eigenvalue weighted by Gasteiger charge is -2.58. The number of nitrogens with zero attached hydrogens (tertiary/aromatic N) is 4. The average Bonchev–Trinajstić information content (AvgIpc) is 3.05. The number of ether oxygens (including phenoxy) is 1. The number of amides is 1. The second kappa shape index (κ2) is 8.26. The van der Waals surface area contributed by atoms with Crippen LogP contribution in [0.1, 0.15) is 53.3 Å². The quantitative estimate of drug-likeness (QED) is 0.633. The van der Waals surface area contributed by atoms with Crippen LogP contribution in [-0.2, 0) is 11.3 Å². The van der Waals surface area contributed by atoms with Gasteiger partial charge in [0.05, 0.1) is 19.3 Å². The number of aromatic nitrogens is 1. The average molecular weight is 513 g/mol. The van der Waals surface area contributed by atoms with Gasteiger partial charge in [-0.25, -0.2) is 8.78 Å². The van der Waals surface area contributed by atoms with E-state index in [0.717, 1.165) is 25.7 Å². The fourth-order valence-electron chi connectivity index (χ4n) is 8.04. The molecule has 0 unspecified atom stereocenters. The number of hydrogen-bond donors (Lipinski definition) is 1. The number of carbonyl (C=O) groups is 1. The van der Waals surface area contributed by atoms with Crippen LogP contribution in [0.25, 0.3) is 0 Å². The topological polar surface area (TPSA) is 78.2 Å². The van der Waals surface area contributed by atoms with Crippen molar-refractivity contribution >= 4 is 5.91 Å². The van der Waals surface area contributed by atoms with Crippen LogP contribution in [0.2, 0.25) is 0 Å². The molecule has 4 heterocycles. The first-order chi connectivity index (χ1) is 17.9. The van der Waals surface area contributed by atoms with Gasteiger partial charge in [0.15, 0.2) is 23.1 Å². The smallest absolute Gasteiger partial charge is 0.278 e. The summed E-state index contributed by atoms with van der Waals surface area (Å²) in [7, 11) is 2.00. The van der Waals surface area contributed by atoms with E-state index in [0.29, 0.717) is 42.7 Å². The lowest BCUT2D eigenvalue weighted by atomic mass is 9.58. The number of carbonyl (C=O) groups excluding carboxylic acids is 1. The van der Waals surface area contributed by atoms with Crippen LogP contribution < -0.4 is 10.4 Å². The SMILES string of the molecule is CN1Cc2c(ccc(F)c2F)[C@H](N2[C@@H]3COCCN3C(=O)c3c(O)c(=O)ccn32)[C@@H]2C3CCC(CC3)[C@H]21. The molecular weight excluding hydrogens is 482 g/mol. The Labute approximate surface area is 213 Å². The second-order valence-corrected chi connectivity index (χ2v) is 11.2. The molecule has 1 amide bonds. The summed E-state index contributed by atoms with van der Waals surface area (Å²) < 4.78 is 37.5. The van der Waals surface area contributed by atoms with Gasteiger partial charge in [0.2, 0.25) is 5.43 Å². The van der Waals surface area contributed by atoms with Gasteiger partial charge in [0.25, 0.3) is 5.91 Å². The third-order valence-electron chi connectivity index (χ3n) is 9.53. The molecule has 2 bridgehead atoms. The summed E-state index contributed by atoms with van der Waals surface area (Å²) in [6.07, 6.45) is 5.34. The molecule has 2 aromatic rings. The first-order valence-corrected chi connectivity index (χ1v) is 13.2. The van der Waals surface area contributed by atoms with E-state index in [1.165, 1.54) is 18.3 Å². The van der Waals surface area contributed by atoms with Crippen LogP contribution in [0.15, 0.2) is 29.2 Å². The van der Waals surface area contributed by atoms with Crippen molar-refractivity contribution < 1.29 is 23.4 Å². The molecule has 0 radical (unpaired) electrons. The number of fused-ring (bicyclic) bond motifs is 5. The molecule has 1 saturated heterocycles. The van der Waals surface area contributed by atoms with Gasteiger partial charge in [0, 0.05) is 42.9 Å². The van der Waals surface area contributed by atoms with Gasteiger partial charge in [-0.2, -0.15) is 0 Å². The first kappa shape index (κ1) is 23.2. The van der Waals surface area contributed by atoms with Crippen molar-refractivity contribution in [2.75, 3.05) is 31.8 Å². The summed E-state index contributed by atoms with van der Waals surface area (Å²) in [5.74, 6) is -1.86. The van der Waals surface area contributed by atoms with E-state index in [1.54, 1.807) is 15.6 Å². The Kier molecular flexibility index (Phi) is 5.17. The minimum Gasteiger partial charge on any atom is -0.502 e. The van der Waals surface area contributed by atoms with E-state index in [1.807, 2.05) is 12.1 Å². The van der Waals surface area contributed by atoms with Gasteiger partial charge >= 0.3 is 0 Å². The van der Waals surface area contributed by atoms with E-state index < -0.39 is 40.9 Å². The molecule has 3 aliphatic carbocycles. The summed E-state index contributed by atoms with van der Waals surface area (Å²) in [5, 5.41) is 12.8. The molecule has 10 heteroatoms. The number of hydrogen-bond acceptors (Lipinski definition) is 6. The van der Waals surface area contributed by atoms with Crippen LogP contribution in [0, 0.1) is 29.4 Å². The van der Waals surface area contributed by atoms with Gasteiger partial charge in [-0.15, -0.1) is 0 Å². The maximum atomic E-state index is 15.5. The zero-order valence-electron chi connectivity index (χ0n) is 20.6. The maximum absolute atomic E-state index is 15.5. The fourth-order valence-corrected chi connectivity index (χ4v) is 8.04. The molecule has 1 N–H and O–H groups in total. The van der Waals surface area contributed by atoms with Crippen molar-refractivity contribution in [2.24, 2.45) is 17.8 Å². The molecule has 3 saturated carbocycles. The molecule has 4 fully saturated rings. The fraction of sp³-hybridized carbons (Fsp3) is 0.556. The summed E-state index contributed by atoms with van der Waals surface area (Å²) in [4.78, 5) is 29.8. The number of pyridine rings is 1. The van der Waals surface area contributed by atoms with Gasteiger partial charge in [-0.05, 0) is 56.2 Å². The largest absolute Gasteiger partial charge is 0.502 e. The Hall–Kier alpha value is -2.98. The molecule has 3 aliphatic heterocycles. The Bertz CT molecular complexity index is 1340. The van der Waals surface area contributed by atoms with E-state index >= 15 is 4.39 Å². The molecule has 8 rings (SSSR count). The third kappa shape index (κ3) is 3.18. The van der Waals surface area contributed by atoms with Crippen LogP contribution in [0.4, 0.5) is 8.78 Å². The predicted octanol–water partition coefficient (Wildman–Crippen LogP) is 2.57.